The zero-order valence-corrected chi connectivity index (χ0v) is 19.1. The molecular weight excluding hydrogens is 386 g/mol. The number of unbranched alkanes of at least 4 members (excludes halogenated alkanes) is 12. The van der Waals surface area contributed by atoms with E-state index in [0.29, 0.717) is 12.0 Å². The Labute approximate surface area is 186 Å². The lowest BCUT2D eigenvalue weighted by Gasteiger charge is -2.03. The van der Waals surface area contributed by atoms with Gasteiger partial charge in [0.25, 0.3) is 5.56 Å². The number of para-hydroxylation sites is 1. The zero-order valence-electron chi connectivity index (χ0n) is 19.1. The molecule has 170 valence electrons. The average molecular weight is 426 g/mol. The number of hydrogen-bond donors (Lipinski definition) is 2. The summed E-state index contributed by atoms with van der Waals surface area (Å²) in [5, 5.41) is 4.88. The lowest BCUT2D eigenvalue weighted by atomic mass is 10.0. The van der Waals surface area contributed by atoms with Crippen molar-refractivity contribution in [1.82, 2.24) is 10.4 Å². The first-order valence-electron chi connectivity index (χ1n) is 12.1. The van der Waals surface area contributed by atoms with E-state index < -0.39 is 0 Å². The van der Waals surface area contributed by atoms with Gasteiger partial charge in [0.05, 0.1) is 11.8 Å². The Kier molecular flexibility index (Phi) is 12.3. The first kappa shape index (κ1) is 24.8. The molecule has 0 fully saturated rings. The highest BCUT2D eigenvalue weighted by atomic mass is 16.2. The minimum atomic E-state index is -0.215. The fraction of sp³-hybridized carbons (Fsp3) is 0.577. The van der Waals surface area contributed by atoms with E-state index in [2.05, 4.69) is 22.4 Å². The molecule has 0 bridgehead atoms. The van der Waals surface area contributed by atoms with Crippen molar-refractivity contribution in [2.24, 2.45) is 5.10 Å². The second kappa shape index (κ2) is 15.4. The average Bonchev–Trinajstić information content (AvgIpc) is 2.77. The fourth-order valence-electron chi connectivity index (χ4n) is 3.79. The molecule has 2 aromatic rings. The van der Waals surface area contributed by atoms with Crippen molar-refractivity contribution in [3.05, 3.63) is 46.2 Å². The van der Waals surface area contributed by atoms with Crippen LogP contribution in [0, 0.1) is 0 Å². The highest BCUT2D eigenvalue weighted by Crippen LogP contribution is 2.13. The number of amides is 1. The van der Waals surface area contributed by atoms with Crippen LogP contribution in [-0.2, 0) is 4.79 Å². The van der Waals surface area contributed by atoms with Gasteiger partial charge in [-0.25, -0.2) is 5.43 Å². The maximum Gasteiger partial charge on any atom is 0.257 e. The van der Waals surface area contributed by atoms with Crippen LogP contribution in [0.3, 0.4) is 0 Å². The summed E-state index contributed by atoms with van der Waals surface area (Å²) in [7, 11) is 0. The number of nitrogens with one attached hydrogen (secondary N) is 2. The molecule has 0 saturated heterocycles. The number of carbonyl (C=O) groups is 1. The van der Waals surface area contributed by atoms with E-state index in [0.717, 1.165) is 23.7 Å². The summed E-state index contributed by atoms with van der Waals surface area (Å²) in [4.78, 5) is 26.8. The van der Waals surface area contributed by atoms with Crippen LogP contribution in [0.4, 0.5) is 0 Å². The van der Waals surface area contributed by atoms with Crippen molar-refractivity contribution in [2.45, 2.75) is 96.8 Å². The van der Waals surface area contributed by atoms with E-state index in [-0.39, 0.29) is 11.5 Å². The molecule has 0 aliphatic carbocycles. The smallest absolute Gasteiger partial charge is 0.257 e. The van der Waals surface area contributed by atoms with E-state index in [1.165, 1.54) is 76.8 Å². The van der Waals surface area contributed by atoms with Crippen molar-refractivity contribution in [1.29, 1.82) is 0 Å². The molecule has 1 aromatic heterocycles. The Bertz CT molecular complexity index is 857. The maximum absolute atomic E-state index is 12.1. The third kappa shape index (κ3) is 10.4. The van der Waals surface area contributed by atoms with Crippen molar-refractivity contribution in [2.75, 3.05) is 0 Å². The van der Waals surface area contributed by atoms with Gasteiger partial charge in [-0.05, 0) is 23.9 Å². The number of H-pyrrole nitrogens is 1. The predicted octanol–water partition coefficient (Wildman–Crippen LogP) is 6.46. The molecule has 31 heavy (non-hydrogen) atoms. The monoisotopic (exact) mass is 425 g/mol. The lowest BCUT2D eigenvalue weighted by Crippen LogP contribution is -2.18. The number of carbonyl (C=O) groups excluding carboxylic acids is 1. The van der Waals surface area contributed by atoms with E-state index in [4.69, 9.17) is 0 Å². The number of hydrogen-bond acceptors (Lipinski definition) is 3. The molecule has 0 aliphatic heterocycles. The van der Waals surface area contributed by atoms with Crippen LogP contribution in [0.5, 0.6) is 0 Å². The quantitative estimate of drug-likeness (QED) is 0.184. The number of pyridine rings is 1. The summed E-state index contributed by atoms with van der Waals surface area (Å²) in [6.45, 7) is 2.26. The first-order valence-corrected chi connectivity index (χ1v) is 12.1. The second-order valence-corrected chi connectivity index (χ2v) is 8.43. The number of aromatic nitrogens is 1. The van der Waals surface area contributed by atoms with Crippen LogP contribution in [0.2, 0.25) is 0 Å². The summed E-state index contributed by atoms with van der Waals surface area (Å²) < 4.78 is 0. The van der Waals surface area contributed by atoms with Crippen LogP contribution >= 0.6 is 0 Å². The molecular formula is C26H39N3O2. The van der Waals surface area contributed by atoms with Gasteiger partial charge in [-0.2, -0.15) is 5.10 Å². The largest absolute Gasteiger partial charge is 0.321 e. The Balaban J connectivity index is 1.49. The molecule has 0 unspecified atom stereocenters. The van der Waals surface area contributed by atoms with E-state index in [1.807, 2.05) is 24.3 Å². The Morgan fingerprint density at radius 3 is 2.13 bits per heavy atom. The zero-order chi connectivity index (χ0) is 22.2. The van der Waals surface area contributed by atoms with Gasteiger partial charge in [-0.15, -0.1) is 0 Å². The highest BCUT2D eigenvalue weighted by Gasteiger charge is 2.02. The van der Waals surface area contributed by atoms with Gasteiger partial charge >= 0.3 is 0 Å². The Morgan fingerprint density at radius 2 is 1.48 bits per heavy atom. The second-order valence-electron chi connectivity index (χ2n) is 8.43. The Hall–Kier alpha value is -2.43. The number of nitrogens with zero attached hydrogens (tertiary/aromatic N) is 1. The summed E-state index contributed by atoms with van der Waals surface area (Å²) >= 11 is 0. The standard InChI is InChI=1S/C26H39N3O2/c1-2-3-4-5-6-7-8-9-10-11-12-13-14-19-25(30)29-27-21-23-20-22-17-15-16-18-24(22)28-26(23)31/h15-18,20-21H,2-14,19H2,1H3,(H,28,31)(H,29,30)/b27-21-. The predicted molar refractivity (Wildman–Crippen MR) is 131 cm³/mol. The number of fused-ring (bicyclic) bond motifs is 1. The molecule has 0 radical (unpaired) electrons. The first-order chi connectivity index (χ1) is 15.2. The Morgan fingerprint density at radius 1 is 0.903 bits per heavy atom. The fourth-order valence-corrected chi connectivity index (χ4v) is 3.79. The lowest BCUT2D eigenvalue weighted by molar-refractivity contribution is -0.121. The third-order valence-corrected chi connectivity index (χ3v) is 5.68. The molecule has 1 heterocycles. The topological polar surface area (TPSA) is 74.3 Å². The van der Waals surface area contributed by atoms with Crippen LogP contribution in [0.1, 0.15) is 102 Å². The molecule has 0 atom stereocenters. The van der Waals surface area contributed by atoms with E-state index in [1.54, 1.807) is 6.07 Å². The van der Waals surface area contributed by atoms with Crippen LogP contribution < -0.4 is 11.0 Å². The van der Waals surface area contributed by atoms with Crippen molar-refractivity contribution in [3.8, 4) is 0 Å². The minimum absolute atomic E-state index is 0.100. The van der Waals surface area contributed by atoms with Gasteiger partial charge < -0.3 is 4.98 Å². The summed E-state index contributed by atoms with van der Waals surface area (Å²) in [5.41, 5.74) is 3.53. The third-order valence-electron chi connectivity index (χ3n) is 5.68. The van der Waals surface area contributed by atoms with Gasteiger partial charge in [0.1, 0.15) is 0 Å². The number of aromatic amines is 1. The van der Waals surface area contributed by atoms with Gasteiger partial charge in [0.2, 0.25) is 5.91 Å². The van der Waals surface area contributed by atoms with Crippen LogP contribution in [0.25, 0.3) is 10.9 Å². The SMILES string of the molecule is CCCCCCCCCCCCCCCC(=O)N/N=C\c1cc2ccccc2[nH]c1=O. The summed E-state index contributed by atoms with van der Waals surface area (Å²) in [5.74, 6) is -0.100. The number of rotatable bonds is 16. The van der Waals surface area contributed by atoms with Crippen LogP contribution in [-0.4, -0.2) is 17.1 Å². The molecule has 5 nitrogen and oxygen atoms in total. The molecule has 2 rings (SSSR count). The normalized spacial score (nSPS) is 11.4. The van der Waals surface area contributed by atoms with Gasteiger partial charge in [0.15, 0.2) is 0 Å². The molecule has 2 N–H and O–H groups in total. The van der Waals surface area contributed by atoms with Crippen LogP contribution in [0.15, 0.2) is 40.2 Å². The minimum Gasteiger partial charge on any atom is -0.321 e. The van der Waals surface area contributed by atoms with Gasteiger partial charge in [0, 0.05) is 11.9 Å². The highest BCUT2D eigenvalue weighted by molar-refractivity contribution is 5.88. The van der Waals surface area contributed by atoms with E-state index >= 15 is 0 Å². The maximum atomic E-state index is 12.1. The molecule has 1 aromatic carbocycles. The number of benzene rings is 1. The molecule has 5 heteroatoms. The molecule has 0 saturated carbocycles. The van der Waals surface area contributed by atoms with Gasteiger partial charge in [-0.3, -0.25) is 9.59 Å². The van der Waals surface area contributed by atoms with Crippen molar-refractivity contribution < 1.29 is 4.79 Å². The van der Waals surface area contributed by atoms with Crippen molar-refractivity contribution in [3.63, 3.8) is 0 Å². The summed E-state index contributed by atoms with van der Waals surface area (Å²) in [6.07, 6.45) is 18.6. The van der Waals surface area contributed by atoms with Crippen molar-refractivity contribution >= 4 is 23.0 Å². The van der Waals surface area contributed by atoms with E-state index in [9.17, 15) is 9.59 Å². The molecule has 0 spiro atoms. The molecule has 0 aliphatic rings. The van der Waals surface area contributed by atoms with Gasteiger partial charge in [-0.1, -0.05) is 102 Å². The number of hydrazone groups is 1. The molecule has 1 amide bonds. The summed E-state index contributed by atoms with van der Waals surface area (Å²) in [6, 6.07) is 9.35.